The van der Waals surface area contributed by atoms with E-state index in [1.165, 1.54) is 0 Å². The van der Waals surface area contributed by atoms with Crippen LogP contribution in [-0.4, -0.2) is 17.7 Å². The summed E-state index contributed by atoms with van der Waals surface area (Å²) in [5.74, 6) is 0.420. The van der Waals surface area contributed by atoms with Gasteiger partial charge in [0.25, 0.3) is 0 Å². The Balaban J connectivity index is 1.79. The number of nitrogens with zero attached hydrogens (tertiary/aromatic N) is 2. The van der Waals surface area contributed by atoms with Crippen LogP contribution in [-0.2, 0) is 0 Å². The fourth-order valence-corrected chi connectivity index (χ4v) is 2.17. The van der Waals surface area contributed by atoms with Gasteiger partial charge in [-0.05, 0) is 36.4 Å². The maximum atomic E-state index is 12.1. The van der Waals surface area contributed by atoms with E-state index in [9.17, 15) is 13.2 Å². The molecule has 3 rings (SSSR count). The van der Waals surface area contributed by atoms with Crippen LogP contribution in [0.1, 0.15) is 6.42 Å². The van der Waals surface area contributed by atoms with E-state index < -0.39 is 12.6 Å². The third-order valence-corrected chi connectivity index (χ3v) is 3.40. The van der Waals surface area contributed by atoms with Gasteiger partial charge in [0.1, 0.15) is 5.52 Å². The zero-order valence-electron chi connectivity index (χ0n) is 11.8. The molecule has 0 amide bonds. The molecular formula is C16H11ClF3N2O-. The van der Waals surface area contributed by atoms with Gasteiger partial charge in [-0.2, -0.15) is 13.2 Å². The summed E-state index contributed by atoms with van der Waals surface area (Å²) in [5.41, 5.74) is 2.30. The van der Waals surface area contributed by atoms with E-state index in [1.807, 2.05) is 0 Å². The molecule has 0 radical (unpaired) electrons. The van der Waals surface area contributed by atoms with Crippen LogP contribution >= 0.6 is 11.6 Å². The Morgan fingerprint density at radius 3 is 2.52 bits per heavy atom. The fraction of sp³-hybridized carbons (Fsp3) is 0.188. The van der Waals surface area contributed by atoms with Crippen molar-refractivity contribution in [2.45, 2.75) is 12.6 Å². The van der Waals surface area contributed by atoms with Crippen LogP contribution < -0.4 is 0 Å². The van der Waals surface area contributed by atoms with Gasteiger partial charge >= 0.3 is 6.18 Å². The molecule has 0 aliphatic carbocycles. The molecule has 0 unspecified atom stereocenters. The largest absolute Gasteiger partial charge is 0.684 e. The third kappa shape index (κ3) is 3.96. The van der Waals surface area contributed by atoms with E-state index in [0.29, 0.717) is 27.7 Å². The van der Waals surface area contributed by atoms with Crippen molar-refractivity contribution >= 4 is 28.4 Å². The van der Waals surface area contributed by atoms with Crippen LogP contribution in [0.3, 0.4) is 0 Å². The van der Waals surface area contributed by atoms with Gasteiger partial charge < -0.3 is 9.73 Å². The van der Waals surface area contributed by atoms with Gasteiger partial charge in [0.2, 0.25) is 5.89 Å². The highest BCUT2D eigenvalue weighted by atomic mass is 35.5. The number of oxazole rings is 1. The molecule has 3 nitrogen and oxygen atoms in total. The predicted molar refractivity (Wildman–Crippen MR) is 83.0 cm³/mol. The van der Waals surface area contributed by atoms with Gasteiger partial charge in [0.15, 0.2) is 5.58 Å². The number of fused-ring (bicyclic) bond motifs is 1. The van der Waals surface area contributed by atoms with Crippen molar-refractivity contribution in [1.82, 2.24) is 4.98 Å². The highest BCUT2D eigenvalue weighted by molar-refractivity contribution is 6.30. The van der Waals surface area contributed by atoms with Gasteiger partial charge in [0, 0.05) is 17.0 Å². The highest BCUT2D eigenvalue weighted by Gasteiger charge is 2.23. The number of halogens is 4. The average Bonchev–Trinajstić information content (AvgIpc) is 2.90. The summed E-state index contributed by atoms with van der Waals surface area (Å²) in [4.78, 5) is 4.34. The van der Waals surface area contributed by atoms with Crippen molar-refractivity contribution < 1.29 is 17.6 Å². The van der Waals surface area contributed by atoms with Gasteiger partial charge in [-0.1, -0.05) is 17.7 Å². The maximum absolute atomic E-state index is 12.1. The normalized spacial score (nSPS) is 11.8. The molecule has 1 heterocycles. The first-order valence-corrected chi connectivity index (χ1v) is 7.19. The Hall–Kier alpha value is -2.21. The van der Waals surface area contributed by atoms with Gasteiger partial charge in [0.05, 0.1) is 0 Å². The number of alkyl halides is 3. The quantitative estimate of drug-likeness (QED) is 0.575. The Morgan fingerprint density at radius 2 is 1.83 bits per heavy atom. The van der Waals surface area contributed by atoms with Crippen LogP contribution in [0.5, 0.6) is 0 Å². The lowest BCUT2D eigenvalue weighted by Gasteiger charge is -2.21. The van der Waals surface area contributed by atoms with E-state index in [-0.39, 0.29) is 6.54 Å². The number of aromatic nitrogens is 1. The minimum Gasteiger partial charge on any atom is -0.684 e. The first-order chi connectivity index (χ1) is 10.9. The lowest BCUT2D eigenvalue weighted by Crippen LogP contribution is -2.08. The van der Waals surface area contributed by atoms with Crippen molar-refractivity contribution in [3.05, 3.63) is 52.8 Å². The Bertz CT molecular complexity index is 812. The van der Waals surface area contributed by atoms with Crippen molar-refractivity contribution in [1.29, 1.82) is 0 Å². The van der Waals surface area contributed by atoms with Crippen molar-refractivity contribution in [2.75, 3.05) is 6.54 Å². The van der Waals surface area contributed by atoms with Crippen molar-refractivity contribution in [3.63, 3.8) is 0 Å². The summed E-state index contributed by atoms with van der Waals surface area (Å²) in [6.07, 6.45) is -5.15. The second kappa shape index (κ2) is 6.12. The van der Waals surface area contributed by atoms with Gasteiger partial charge in [-0.25, -0.2) is 4.98 Å². The molecule has 2 aromatic carbocycles. The van der Waals surface area contributed by atoms with Crippen LogP contribution in [0.15, 0.2) is 46.9 Å². The van der Waals surface area contributed by atoms with Crippen molar-refractivity contribution in [2.24, 2.45) is 0 Å². The molecule has 23 heavy (non-hydrogen) atoms. The molecular weight excluding hydrogens is 329 g/mol. The minimum absolute atomic E-state index is 0.309. The molecule has 0 atom stereocenters. The van der Waals surface area contributed by atoms with Gasteiger partial charge in [-0.15, -0.1) is 12.2 Å². The molecule has 0 N–H and O–H groups in total. The molecule has 0 aliphatic heterocycles. The second-order valence-electron chi connectivity index (χ2n) is 4.92. The van der Waals surface area contributed by atoms with E-state index in [4.69, 9.17) is 16.0 Å². The second-order valence-corrected chi connectivity index (χ2v) is 5.36. The molecule has 1 aromatic heterocycles. The van der Waals surface area contributed by atoms with Crippen molar-refractivity contribution in [3.8, 4) is 11.5 Å². The predicted octanol–water partition coefficient (Wildman–Crippen LogP) is 6.11. The SMILES string of the molecule is FC(F)(F)CC[N-]c1ccc2oc(-c3ccc(Cl)cc3)nc2c1. The van der Waals surface area contributed by atoms with Crippen LogP contribution in [0.4, 0.5) is 18.9 Å². The fourth-order valence-electron chi connectivity index (χ4n) is 2.04. The molecule has 0 saturated heterocycles. The summed E-state index contributed by atoms with van der Waals surface area (Å²) < 4.78 is 42.0. The smallest absolute Gasteiger partial charge is 0.387 e. The number of hydrogen-bond donors (Lipinski definition) is 0. The van der Waals surface area contributed by atoms with E-state index in [0.717, 1.165) is 5.56 Å². The summed E-state index contributed by atoms with van der Waals surface area (Å²) in [7, 11) is 0. The molecule has 7 heteroatoms. The summed E-state index contributed by atoms with van der Waals surface area (Å²) in [6, 6.07) is 11.9. The molecule has 3 aromatic rings. The third-order valence-electron chi connectivity index (χ3n) is 3.15. The summed E-state index contributed by atoms with van der Waals surface area (Å²) in [5, 5.41) is 4.52. The number of benzene rings is 2. The minimum atomic E-state index is -4.21. The molecule has 0 spiro atoms. The Kier molecular flexibility index (Phi) is 4.17. The molecule has 0 fully saturated rings. The first-order valence-electron chi connectivity index (χ1n) is 6.81. The standard InChI is InChI=1S/C16H11ClF3N2O/c17-11-3-1-10(2-4-11)15-22-13-9-12(5-6-14(13)23-15)21-8-7-16(18,19)20/h1-6,9H,7-8H2/q-1. The average molecular weight is 340 g/mol. The summed E-state index contributed by atoms with van der Waals surface area (Å²) >= 11 is 5.84. The summed E-state index contributed by atoms with van der Waals surface area (Å²) in [6.45, 7) is -0.309. The highest BCUT2D eigenvalue weighted by Crippen LogP contribution is 2.30. The Morgan fingerprint density at radius 1 is 1.09 bits per heavy atom. The maximum Gasteiger partial charge on any atom is 0.387 e. The zero-order chi connectivity index (χ0) is 16.4. The van der Waals surface area contributed by atoms with E-state index >= 15 is 0 Å². The van der Waals surface area contributed by atoms with Gasteiger partial charge in [-0.3, -0.25) is 0 Å². The van der Waals surface area contributed by atoms with Crippen LogP contribution in [0.25, 0.3) is 27.9 Å². The lowest BCUT2D eigenvalue weighted by atomic mass is 10.2. The monoisotopic (exact) mass is 339 g/mol. The molecule has 120 valence electrons. The van der Waals surface area contributed by atoms with E-state index in [1.54, 1.807) is 42.5 Å². The molecule has 0 aliphatic rings. The number of hydrogen-bond acceptors (Lipinski definition) is 2. The van der Waals surface area contributed by atoms with Crippen LogP contribution in [0, 0.1) is 0 Å². The van der Waals surface area contributed by atoms with Crippen LogP contribution in [0.2, 0.25) is 5.02 Å². The topological polar surface area (TPSA) is 40.1 Å². The van der Waals surface area contributed by atoms with E-state index in [2.05, 4.69) is 10.3 Å². The molecule has 0 bridgehead atoms. The first kappa shape index (κ1) is 15.7. The zero-order valence-corrected chi connectivity index (χ0v) is 12.5. The Labute approximate surface area is 135 Å². The number of rotatable bonds is 4. The molecule has 0 saturated carbocycles. The lowest BCUT2D eigenvalue weighted by molar-refractivity contribution is -0.131.